The van der Waals surface area contributed by atoms with Gasteiger partial charge in [-0.05, 0) is 15.9 Å². The number of halogens is 1. The maximum absolute atomic E-state index is 10.4. The van der Waals surface area contributed by atoms with Gasteiger partial charge in [-0.2, -0.15) is 0 Å². The first kappa shape index (κ1) is 12.7. The Balaban J connectivity index is 2.03. The van der Waals surface area contributed by atoms with Crippen LogP contribution >= 0.6 is 15.9 Å². The van der Waals surface area contributed by atoms with E-state index in [1.54, 1.807) is 0 Å². The van der Waals surface area contributed by atoms with E-state index in [1.807, 2.05) is 18.0 Å². The van der Waals surface area contributed by atoms with Gasteiger partial charge >= 0.3 is 0 Å². The van der Waals surface area contributed by atoms with Crippen LogP contribution in [0.4, 0.5) is 5.82 Å². The predicted molar refractivity (Wildman–Crippen MR) is 68.0 cm³/mol. The second-order valence-electron chi connectivity index (χ2n) is 4.39. The fraction of sp³-hybridized carbons (Fsp3) is 0.636. The number of nitrogens with zero attached hydrogens (tertiary/aromatic N) is 3. The van der Waals surface area contributed by atoms with E-state index in [0.29, 0.717) is 32.6 Å². The second-order valence-corrected chi connectivity index (χ2v) is 5.20. The van der Waals surface area contributed by atoms with Crippen LogP contribution < -0.4 is 4.90 Å². The fourth-order valence-corrected chi connectivity index (χ4v) is 2.26. The fourth-order valence-electron chi connectivity index (χ4n) is 1.96. The monoisotopic (exact) mass is 301 g/mol. The van der Waals surface area contributed by atoms with Crippen molar-refractivity contribution in [1.29, 1.82) is 0 Å². The number of hydrogen-bond donors (Lipinski definition) is 1. The first-order chi connectivity index (χ1) is 8.09. The van der Waals surface area contributed by atoms with Gasteiger partial charge in [-0.15, -0.1) is 0 Å². The summed E-state index contributed by atoms with van der Waals surface area (Å²) in [6.45, 7) is 1.80. The molecule has 0 bridgehead atoms. The van der Waals surface area contributed by atoms with Crippen molar-refractivity contribution in [1.82, 2.24) is 9.97 Å². The molecule has 94 valence electrons. The number of rotatable bonds is 3. The predicted octanol–water partition coefficient (Wildman–Crippen LogP) is 1.22. The van der Waals surface area contributed by atoms with E-state index in [4.69, 9.17) is 4.74 Å². The number of anilines is 1. The standard InChI is InChI=1S/C11H16BrN3O2/c1-15(10-6-9(12)13-8-14-10)7-11(16)2-4-17-5-3-11/h6,8,16H,2-5,7H2,1H3. The molecule has 2 rings (SSSR count). The SMILES string of the molecule is CN(CC1(O)CCOCC1)c1cc(Br)ncn1. The lowest BCUT2D eigenvalue weighted by Gasteiger charge is -2.35. The number of aliphatic hydroxyl groups is 1. The highest BCUT2D eigenvalue weighted by Gasteiger charge is 2.31. The number of likely N-dealkylation sites (N-methyl/N-ethyl adjacent to an activating group) is 1. The molecule has 0 radical (unpaired) electrons. The van der Waals surface area contributed by atoms with E-state index >= 15 is 0 Å². The number of aromatic nitrogens is 2. The smallest absolute Gasteiger partial charge is 0.132 e. The van der Waals surface area contributed by atoms with E-state index < -0.39 is 5.60 Å². The molecule has 1 aliphatic heterocycles. The Morgan fingerprint density at radius 1 is 1.47 bits per heavy atom. The Hall–Kier alpha value is -0.720. The van der Waals surface area contributed by atoms with Crippen LogP contribution in [0.25, 0.3) is 0 Å². The third-order valence-corrected chi connectivity index (χ3v) is 3.40. The van der Waals surface area contributed by atoms with Crippen LogP contribution in [0, 0.1) is 0 Å². The summed E-state index contributed by atoms with van der Waals surface area (Å²) in [4.78, 5) is 10.1. The zero-order valence-electron chi connectivity index (χ0n) is 9.77. The molecule has 0 atom stereocenters. The van der Waals surface area contributed by atoms with Crippen molar-refractivity contribution in [3.05, 3.63) is 17.0 Å². The Morgan fingerprint density at radius 3 is 2.82 bits per heavy atom. The molecule has 5 nitrogen and oxygen atoms in total. The van der Waals surface area contributed by atoms with Crippen LogP contribution in [0.3, 0.4) is 0 Å². The summed E-state index contributed by atoms with van der Waals surface area (Å²) in [5, 5.41) is 10.4. The highest BCUT2D eigenvalue weighted by molar-refractivity contribution is 9.10. The summed E-state index contributed by atoms with van der Waals surface area (Å²) in [6, 6.07) is 1.84. The molecular formula is C11H16BrN3O2. The Morgan fingerprint density at radius 2 is 2.18 bits per heavy atom. The summed E-state index contributed by atoms with van der Waals surface area (Å²) in [5.41, 5.74) is -0.676. The molecule has 2 heterocycles. The van der Waals surface area contributed by atoms with Crippen molar-refractivity contribution < 1.29 is 9.84 Å². The van der Waals surface area contributed by atoms with Crippen molar-refractivity contribution in [2.24, 2.45) is 0 Å². The van der Waals surface area contributed by atoms with E-state index in [1.165, 1.54) is 6.33 Å². The molecule has 1 aliphatic rings. The van der Waals surface area contributed by atoms with Gasteiger partial charge in [-0.3, -0.25) is 0 Å². The molecule has 0 aliphatic carbocycles. The lowest BCUT2D eigenvalue weighted by Crippen LogP contribution is -2.46. The second kappa shape index (κ2) is 5.29. The summed E-state index contributed by atoms with van der Waals surface area (Å²) in [7, 11) is 1.92. The lowest BCUT2D eigenvalue weighted by molar-refractivity contribution is -0.0573. The Labute approximate surface area is 109 Å². The van der Waals surface area contributed by atoms with E-state index in [2.05, 4.69) is 25.9 Å². The van der Waals surface area contributed by atoms with Gasteiger partial charge in [0, 0.05) is 45.7 Å². The van der Waals surface area contributed by atoms with Gasteiger partial charge in [-0.1, -0.05) is 0 Å². The number of hydrogen-bond acceptors (Lipinski definition) is 5. The molecule has 0 spiro atoms. The molecule has 1 aromatic heterocycles. The van der Waals surface area contributed by atoms with E-state index in [-0.39, 0.29) is 0 Å². The van der Waals surface area contributed by atoms with E-state index in [0.717, 1.165) is 10.4 Å². The maximum atomic E-state index is 10.4. The molecule has 0 saturated carbocycles. The zero-order chi connectivity index (χ0) is 12.3. The molecule has 0 amide bonds. The highest BCUT2D eigenvalue weighted by atomic mass is 79.9. The van der Waals surface area contributed by atoms with Gasteiger partial charge in [-0.25, -0.2) is 9.97 Å². The summed E-state index contributed by atoms with van der Waals surface area (Å²) in [6.07, 6.45) is 2.84. The topological polar surface area (TPSA) is 58.5 Å². The van der Waals surface area contributed by atoms with Crippen LogP contribution in [0.2, 0.25) is 0 Å². The van der Waals surface area contributed by atoms with Crippen molar-refractivity contribution in [3.8, 4) is 0 Å². The minimum atomic E-state index is -0.676. The zero-order valence-corrected chi connectivity index (χ0v) is 11.4. The third kappa shape index (κ3) is 3.37. The van der Waals surface area contributed by atoms with Gasteiger partial charge in [0.15, 0.2) is 0 Å². The van der Waals surface area contributed by atoms with Crippen molar-refractivity contribution in [3.63, 3.8) is 0 Å². The number of ether oxygens (including phenoxy) is 1. The van der Waals surface area contributed by atoms with Gasteiger partial charge < -0.3 is 14.7 Å². The van der Waals surface area contributed by atoms with E-state index in [9.17, 15) is 5.11 Å². The van der Waals surface area contributed by atoms with Gasteiger partial charge in [0.05, 0.1) is 5.60 Å². The molecule has 1 aromatic rings. The highest BCUT2D eigenvalue weighted by Crippen LogP contribution is 2.23. The average Bonchev–Trinajstić information content (AvgIpc) is 2.29. The summed E-state index contributed by atoms with van der Waals surface area (Å²) >= 11 is 3.31. The Bertz CT molecular complexity index is 383. The minimum absolute atomic E-state index is 0.555. The third-order valence-electron chi connectivity index (χ3n) is 2.97. The molecule has 6 heteroatoms. The largest absolute Gasteiger partial charge is 0.388 e. The normalized spacial score (nSPS) is 19.0. The van der Waals surface area contributed by atoms with Crippen LogP contribution in [0.15, 0.2) is 17.0 Å². The van der Waals surface area contributed by atoms with Crippen molar-refractivity contribution in [2.45, 2.75) is 18.4 Å². The molecule has 1 fully saturated rings. The van der Waals surface area contributed by atoms with Crippen molar-refractivity contribution in [2.75, 3.05) is 31.7 Å². The lowest BCUT2D eigenvalue weighted by atomic mass is 9.94. The minimum Gasteiger partial charge on any atom is -0.388 e. The molecule has 1 N–H and O–H groups in total. The van der Waals surface area contributed by atoms with Gasteiger partial charge in [0.2, 0.25) is 0 Å². The van der Waals surface area contributed by atoms with Crippen LogP contribution in [0.5, 0.6) is 0 Å². The van der Waals surface area contributed by atoms with Crippen LogP contribution in [0.1, 0.15) is 12.8 Å². The average molecular weight is 302 g/mol. The maximum Gasteiger partial charge on any atom is 0.132 e. The van der Waals surface area contributed by atoms with Gasteiger partial charge in [0.25, 0.3) is 0 Å². The van der Waals surface area contributed by atoms with Crippen LogP contribution in [-0.2, 0) is 4.74 Å². The summed E-state index contributed by atoms with van der Waals surface area (Å²) < 4.78 is 6.00. The quantitative estimate of drug-likeness (QED) is 0.851. The Kier molecular flexibility index (Phi) is 3.96. The van der Waals surface area contributed by atoms with Crippen LogP contribution in [-0.4, -0.2) is 47.5 Å². The molecule has 1 saturated heterocycles. The first-order valence-corrected chi connectivity index (χ1v) is 6.37. The van der Waals surface area contributed by atoms with Gasteiger partial charge in [0.1, 0.15) is 16.7 Å². The molecular weight excluding hydrogens is 286 g/mol. The molecule has 0 unspecified atom stereocenters. The van der Waals surface area contributed by atoms with Crippen molar-refractivity contribution >= 4 is 21.7 Å². The molecule has 17 heavy (non-hydrogen) atoms. The molecule has 0 aromatic carbocycles. The summed E-state index contributed by atoms with van der Waals surface area (Å²) in [5.74, 6) is 0.798. The first-order valence-electron chi connectivity index (χ1n) is 5.58.